The van der Waals surface area contributed by atoms with Crippen molar-refractivity contribution in [2.75, 3.05) is 33.2 Å². The van der Waals surface area contributed by atoms with Crippen molar-refractivity contribution >= 4 is 17.7 Å². The maximum atomic E-state index is 13.3. The monoisotopic (exact) mass is 492 g/mol. The van der Waals surface area contributed by atoms with Gasteiger partial charge in [-0.05, 0) is 25.3 Å². The number of benzene rings is 1. The van der Waals surface area contributed by atoms with Gasteiger partial charge in [-0.25, -0.2) is 0 Å². The smallest absolute Gasteiger partial charge is 0.274 e. The van der Waals surface area contributed by atoms with Crippen LogP contribution in [0, 0.1) is 0 Å². The zero-order valence-electron chi connectivity index (χ0n) is 21.3. The van der Waals surface area contributed by atoms with Crippen LogP contribution in [0.2, 0.25) is 0 Å². The molecule has 192 valence electrons. The number of nitrogens with one attached hydrogen (secondary N) is 1. The Kier molecular flexibility index (Phi) is 6.83. The lowest BCUT2D eigenvalue weighted by molar-refractivity contribution is -0.133. The van der Waals surface area contributed by atoms with Gasteiger partial charge in [-0.1, -0.05) is 49.6 Å². The highest BCUT2D eigenvalue weighted by Crippen LogP contribution is 2.27. The molecule has 2 aliphatic heterocycles. The van der Waals surface area contributed by atoms with Gasteiger partial charge >= 0.3 is 0 Å². The average Bonchev–Trinajstić information content (AvgIpc) is 3.32. The first kappa shape index (κ1) is 24.5. The Balaban J connectivity index is 1.24. The molecule has 5 rings (SSSR count). The van der Waals surface area contributed by atoms with Gasteiger partial charge in [-0.2, -0.15) is 5.10 Å². The van der Waals surface area contributed by atoms with Crippen molar-refractivity contribution in [2.24, 2.45) is 0 Å². The molecule has 1 saturated heterocycles. The lowest BCUT2D eigenvalue weighted by atomic mass is 9.92. The molecule has 1 aromatic carbocycles. The summed E-state index contributed by atoms with van der Waals surface area (Å²) in [6, 6.07) is 12.1. The third-order valence-electron chi connectivity index (χ3n) is 8.06. The Bertz CT molecular complexity index is 1120. The minimum atomic E-state index is -1.06. The molecule has 3 amide bonds. The van der Waals surface area contributed by atoms with Gasteiger partial charge in [0.25, 0.3) is 11.8 Å². The van der Waals surface area contributed by atoms with Crippen LogP contribution in [-0.4, -0.2) is 87.0 Å². The molecule has 9 nitrogen and oxygen atoms in total. The number of likely N-dealkylation sites (N-methyl/N-ethyl adjacent to an activating group) is 1. The van der Waals surface area contributed by atoms with E-state index in [1.807, 2.05) is 18.2 Å². The molecule has 2 aromatic rings. The molecule has 1 aromatic heterocycles. The summed E-state index contributed by atoms with van der Waals surface area (Å²) >= 11 is 0. The molecular formula is C27H36N6O3. The van der Waals surface area contributed by atoms with Crippen LogP contribution in [0.1, 0.15) is 65.6 Å². The van der Waals surface area contributed by atoms with E-state index < -0.39 is 5.54 Å². The summed E-state index contributed by atoms with van der Waals surface area (Å²) in [6.07, 6.45) is 5.39. The molecule has 0 bridgehead atoms. The highest BCUT2D eigenvalue weighted by atomic mass is 16.2. The standard InChI is InChI=1S/C27H36N6O3/c1-27(26(36)28-21-11-7-4-8-12-21)19-33-23(25(35)30(27)2)17-22(29-33)24(34)32-15-13-31(14-16-32)18-20-9-5-3-6-10-20/h3,5-6,9-10,17,21H,4,7-8,11-16,18-19H2,1-2H3,(H,28,36). The predicted octanol–water partition coefficient (Wildman–Crippen LogP) is 2.13. The number of hydrogen-bond donors (Lipinski definition) is 1. The van der Waals surface area contributed by atoms with Gasteiger partial charge in [0.15, 0.2) is 5.69 Å². The van der Waals surface area contributed by atoms with Crippen molar-refractivity contribution in [3.05, 3.63) is 53.3 Å². The molecular weight excluding hydrogens is 456 g/mol. The van der Waals surface area contributed by atoms with Crippen molar-refractivity contribution in [1.29, 1.82) is 0 Å². The van der Waals surface area contributed by atoms with Crippen LogP contribution in [0.3, 0.4) is 0 Å². The minimum absolute atomic E-state index is 0.156. The normalized spacial score (nSPS) is 23.4. The summed E-state index contributed by atoms with van der Waals surface area (Å²) in [7, 11) is 1.66. The number of carbonyl (C=O) groups excluding carboxylic acids is 3. The quantitative estimate of drug-likeness (QED) is 0.691. The number of aromatic nitrogens is 2. The molecule has 1 aliphatic carbocycles. The largest absolute Gasteiger partial charge is 0.351 e. The summed E-state index contributed by atoms with van der Waals surface area (Å²) in [5.74, 6) is -0.615. The van der Waals surface area contributed by atoms with Crippen LogP contribution in [0.4, 0.5) is 0 Å². The fourth-order valence-electron chi connectivity index (χ4n) is 5.53. The van der Waals surface area contributed by atoms with Crippen molar-refractivity contribution in [2.45, 2.75) is 63.7 Å². The first-order valence-electron chi connectivity index (χ1n) is 13.1. The fourth-order valence-corrected chi connectivity index (χ4v) is 5.53. The van der Waals surface area contributed by atoms with Gasteiger partial charge < -0.3 is 15.1 Å². The summed E-state index contributed by atoms with van der Waals surface area (Å²) in [6.45, 7) is 5.67. The Morgan fingerprint density at radius 2 is 1.75 bits per heavy atom. The maximum Gasteiger partial charge on any atom is 0.274 e. The zero-order chi connectivity index (χ0) is 25.3. The Morgan fingerprint density at radius 1 is 1.06 bits per heavy atom. The van der Waals surface area contributed by atoms with E-state index in [1.165, 1.54) is 16.9 Å². The molecule has 0 spiro atoms. The van der Waals surface area contributed by atoms with Crippen LogP contribution in [0.15, 0.2) is 36.4 Å². The molecule has 3 heterocycles. The summed E-state index contributed by atoms with van der Waals surface area (Å²) in [5.41, 5.74) is 0.820. The lowest BCUT2D eigenvalue weighted by Crippen LogP contribution is -2.63. The average molecular weight is 493 g/mol. The van der Waals surface area contributed by atoms with Crippen LogP contribution in [-0.2, 0) is 17.9 Å². The van der Waals surface area contributed by atoms with E-state index in [2.05, 4.69) is 27.4 Å². The molecule has 3 aliphatic rings. The predicted molar refractivity (Wildman–Crippen MR) is 135 cm³/mol. The van der Waals surface area contributed by atoms with Gasteiger partial charge in [0.2, 0.25) is 5.91 Å². The van der Waals surface area contributed by atoms with Crippen molar-refractivity contribution in [3.63, 3.8) is 0 Å². The van der Waals surface area contributed by atoms with Gasteiger partial charge in [0, 0.05) is 51.9 Å². The number of fused-ring (bicyclic) bond motifs is 1. The van der Waals surface area contributed by atoms with Crippen molar-refractivity contribution in [1.82, 2.24) is 29.8 Å². The van der Waals surface area contributed by atoms with Crippen molar-refractivity contribution in [3.8, 4) is 0 Å². The Labute approximate surface area is 212 Å². The minimum Gasteiger partial charge on any atom is -0.351 e. The molecule has 36 heavy (non-hydrogen) atoms. The third-order valence-corrected chi connectivity index (χ3v) is 8.06. The molecule has 9 heteroatoms. The molecule has 1 N–H and O–H groups in total. The second-order valence-electron chi connectivity index (χ2n) is 10.6. The number of carbonyl (C=O) groups is 3. The first-order chi connectivity index (χ1) is 17.3. The number of rotatable bonds is 5. The van der Waals surface area contributed by atoms with Crippen LogP contribution >= 0.6 is 0 Å². The number of hydrogen-bond acceptors (Lipinski definition) is 5. The second-order valence-corrected chi connectivity index (χ2v) is 10.6. The first-order valence-corrected chi connectivity index (χ1v) is 13.1. The SMILES string of the molecule is CN1C(=O)c2cc(C(=O)N3CCN(Cc4ccccc4)CC3)nn2CC1(C)C(=O)NC1CCCCC1. The van der Waals surface area contributed by atoms with E-state index in [1.54, 1.807) is 29.6 Å². The van der Waals surface area contributed by atoms with Gasteiger partial charge in [0.1, 0.15) is 11.2 Å². The van der Waals surface area contributed by atoms with E-state index in [4.69, 9.17) is 0 Å². The molecule has 1 saturated carbocycles. The number of nitrogens with zero attached hydrogens (tertiary/aromatic N) is 5. The second kappa shape index (κ2) is 10.0. The number of piperazine rings is 1. The molecule has 0 radical (unpaired) electrons. The summed E-state index contributed by atoms with van der Waals surface area (Å²) in [4.78, 5) is 45.4. The number of amides is 3. The van der Waals surface area contributed by atoms with Crippen molar-refractivity contribution < 1.29 is 14.4 Å². The highest BCUT2D eigenvalue weighted by molar-refractivity contribution is 6.01. The lowest BCUT2D eigenvalue weighted by Gasteiger charge is -2.41. The van der Waals surface area contributed by atoms with E-state index in [0.717, 1.165) is 45.3 Å². The topological polar surface area (TPSA) is 90.8 Å². The Hall–Kier alpha value is -3.20. The summed E-state index contributed by atoms with van der Waals surface area (Å²) in [5, 5.41) is 7.67. The van der Waals surface area contributed by atoms with Gasteiger partial charge in [-0.3, -0.25) is 24.0 Å². The summed E-state index contributed by atoms with van der Waals surface area (Å²) < 4.78 is 1.54. The van der Waals surface area contributed by atoms with Gasteiger partial charge in [-0.15, -0.1) is 0 Å². The van der Waals surface area contributed by atoms with Gasteiger partial charge in [0.05, 0.1) is 6.54 Å². The van der Waals surface area contributed by atoms with E-state index in [9.17, 15) is 14.4 Å². The van der Waals surface area contributed by atoms with Crippen LogP contribution < -0.4 is 5.32 Å². The van der Waals surface area contributed by atoms with E-state index in [0.29, 0.717) is 18.8 Å². The Morgan fingerprint density at radius 3 is 2.44 bits per heavy atom. The van der Waals surface area contributed by atoms with E-state index in [-0.39, 0.29) is 36.0 Å². The highest BCUT2D eigenvalue weighted by Gasteiger charge is 2.47. The molecule has 2 fully saturated rings. The zero-order valence-corrected chi connectivity index (χ0v) is 21.3. The van der Waals surface area contributed by atoms with Crippen LogP contribution in [0.5, 0.6) is 0 Å². The third kappa shape index (κ3) is 4.76. The molecule has 1 atom stereocenters. The molecule has 1 unspecified atom stereocenters. The van der Waals surface area contributed by atoms with E-state index >= 15 is 0 Å². The fraction of sp³-hybridized carbons (Fsp3) is 0.556. The van der Waals surface area contributed by atoms with Crippen LogP contribution in [0.25, 0.3) is 0 Å². The maximum absolute atomic E-state index is 13.3.